The maximum Gasteiger partial charge on any atom is 0.314 e. The molecule has 74 valence electrons. The first-order chi connectivity index (χ1) is 6.15. The van der Waals surface area contributed by atoms with E-state index >= 15 is 0 Å². The van der Waals surface area contributed by atoms with Crippen LogP contribution in [0.4, 0.5) is 4.79 Å². The Morgan fingerprint density at radius 3 is 2.31 bits per heavy atom. The normalized spacial score (nSPS) is 20.3. The zero-order valence-electron chi connectivity index (χ0n) is 7.31. The third kappa shape index (κ3) is 2.24. The van der Waals surface area contributed by atoms with E-state index in [0.29, 0.717) is 25.9 Å². The molecule has 1 aliphatic heterocycles. The van der Waals surface area contributed by atoms with Crippen molar-refractivity contribution in [1.29, 1.82) is 0 Å². The van der Waals surface area contributed by atoms with E-state index in [1.165, 1.54) is 0 Å². The molecule has 1 saturated heterocycles. The molecule has 0 aromatic rings. The van der Waals surface area contributed by atoms with Crippen LogP contribution in [0.15, 0.2) is 5.16 Å². The smallest absolute Gasteiger partial charge is 0.314 e. The second kappa shape index (κ2) is 3.97. The Morgan fingerprint density at radius 2 is 1.92 bits per heavy atom. The van der Waals surface area contributed by atoms with E-state index in [0.717, 1.165) is 0 Å². The van der Waals surface area contributed by atoms with Gasteiger partial charge >= 0.3 is 6.03 Å². The van der Waals surface area contributed by atoms with Crippen LogP contribution in [-0.2, 0) is 0 Å². The molecule has 6 nitrogen and oxygen atoms in total. The molecule has 0 atom stereocenters. The number of amidine groups is 1. The van der Waals surface area contributed by atoms with Gasteiger partial charge in [0.05, 0.1) is 0 Å². The molecule has 1 fully saturated rings. The minimum Gasteiger partial charge on any atom is -0.409 e. The molecule has 0 spiro atoms. The van der Waals surface area contributed by atoms with Crippen molar-refractivity contribution in [3.63, 3.8) is 0 Å². The average molecular weight is 186 g/mol. The summed E-state index contributed by atoms with van der Waals surface area (Å²) >= 11 is 0. The van der Waals surface area contributed by atoms with Crippen molar-refractivity contribution in [3.05, 3.63) is 0 Å². The van der Waals surface area contributed by atoms with Gasteiger partial charge in [0.1, 0.15) is 5.84 Å². The number of hydrogen-bond acceptors (Lipinski definition) is 3. The predicted molar refractivity (Wildman–Crippen MR) is 47.3 cm³/mol. The van der Waals surface area contributed by atoms with Gasteiger partial charge in [0.2, 0.25) is 0 Å². The molecule has 2 amide bonds. The van der Waals surface area contributed by atoms with Crippen LogP contribution in [0.5, 0.6) is 0 Å². The van der Waals surface area contributed by atoms with Crippen molar-refractivity contribution < 1.29 is 10.0 Å². The molecule has 0 aliphatic carbocycles. The largest absolute Gasteiger partial charge is 0.409 e. The number of piperidine rings is 1. The highest BCUT2D eigenvalue weighted by Gasteiger charge is 2.23. The second-order valence-corrected chi connectivity index (χ2v) is 3.12. The lowest BCUT2D eigenvalue weighted by Crippen LogP contribution is -2.44. The molecule has 0 bridgehead atoms. The number of oxime groups is 1. The Labute approximate surface area is 76.2 Å². The van der Waals surface area contributed by atoms with E-state index in [2.05, 4.69) is 5.16 Å². The van der Waals surface area contributed by atoms with Gasteiger partial charge in [0, 0.05) is 19.0 Å². The third-order valence-corrected chi connectivity index (χ3v) is 2.34. The predicted octanol–water partition coefficient (Wildman–Crippen LogP) is -0.476. The van der Waals surface area contributed by atoms with Gasteiger partial charge in [0.15, 0.2) is 0 Å². The highest BCUT2D eigenvalue weighted by atomic mass is 16.4. The summed E-state index contributed by atoms with van der Waals surface area (Å²) in [6.07, 6.45) is 1.41. The molecule has 1 heterocycles. The quantitative estimate of drug-likeness (QED) is 0.223. The van der Waals surface area contributed by atoms with Gasteiger partial charge in [-0.2, -0.15) is 0 Å². The van der Waals surface area contributed by atoms with Crippen molar-refractivity contribution in [2.75, 3.05) is 13.1 Å². The fraction of sp³-hybridized carbons (Fsp3) is 0.714. The fourth-order valence-corrected chi connectivity index (χ4v) is 1.48. The van der Waals surface area contributed by atoms with E-state index in [9.17, 15) is 4.79 Å². The number of hydrogen-bond donors (Lipinski definition) is 3. The maximum absolute atomic E-state index is 10.7. The summed E-state index contributed by atoms with van der Waals surface area (Å²) in [5.74, 6) is 0.310. The summed E-state index contributed by atoms with van der Waals surface area (Å²) in [5.41, 5.74) is 10.5. The molecule has 6 heteroatoms. The standard InChI is InChI=1S/C7H14N4O2/c8-6(10-13)5-1-3-11(4-2-5)7(9)12/h5,13H,1-4H2,(H2,8,10)(H2,9,12). The van der Waals surface area contributed by atoms with Gasteiger partial charge in [-0.3, -0.25) is 0 Å². The van der Waals surface area contributed by atoms with Crippen molar-refractivity contribution in [3.8, 4) is 0 Å². The molecule has 5 N–H and O–H groups in total. The molecule has 1 rings (SSSR count). The van der Waals surface area contributed by atoms with E-state index in [-0.39, 0.29) is 11.8 Å². The van der Waals surface area contributed by atoms with E-state index in [1.807, 2.05) is 0 Å². The summed E-state index contributed by atoms with van der Waals surface area (Å²) in [5, 5.41) is 11.4. The SMILES string of the molecule is NC(=O)N1CCC(C(N)=NO)CC1. The summed E-state index contributed by atoms with van der Waals surface area (Å²) < 4.78 is 0. The van der Waals surface area contributed by atoms with Gasteiger partial charge in [-0.1, -0.05) is 5.16 Å². The van der Waals surface area contributed by atoms with E-state index in [1.54, 1.807) is 4.90 Å². The molecular formula is C7H14N4O2. The molecule has 1 aliphatic rings. The van der Waals surface area contributed by atoms with Crippen LogP contribution in [0.3, 0.4) is 0 Å². The topological polar surface area (TPSA) is 105 Å². The highest BCUT2D eigenvalue weighted by molar-refractivity contribution is 5.82. The fourth-order valence-electron chi connectivity index (χ4n) is 1.48. The van der Waals surface area contributed by atoms with Crippen molar-refractivity contribution in [2.24, 2.45) is 22.5 Å². The number of carbonyl (C=O) groups excluding carboxylic acids is 1. The summed E-state index contributed by atoms with van der Waals surface area (Å²) in [6.45, 7) is 1.16. The minimum atomic E-state index is -0.405. The number of amides is 2. The number of carbonyl (C=O) groups is 1. The number of rotatable bonds is 1. The van der Waals surface area contributed by atoms with Crippen LogP contribution in [0.25, 0.3) is 0 Å². The summed E-state index contributed by atoms with van der Waals surface area (Å²) in [7, 11) is 0. The Bertz CT molecular complexity index is 221. The minimum absolute atomic E-state index is 0.0700. The van der Waals surface area contributed by atoms with Crippen LogP contribution in [0.2, 0.25) is 0 Å². The molecule has 0 aromatic heterocycles. The molecule has 0 saturated carbocycles. The van der Waals surface area contributed by atoms with E-state index in [4.69, 9.17) is 16.7 Å². The molecular weight excluding hydrogens is 172 g/mol. The van der Waals surface area contributed by atoms with Crippen LogP contribution < -0.4 is 11.5 Å². The Kier molecular flexibility index (Phi) is 2.94. The zero-order chi connectivity index (χ0) is 9.84. The van der Waals surface area contributed by atoms with Gasteiger partial charge in [-0.25, -0.2) is 4.79 Å². The number of urea groups is 1. The first kappa shape index (κ1) is 9.63. The third-order valence-electron chi connectivity index (χ3n) is 2.34. The Hall–Kier alpha value is -1.46. The lowest BCUT2D eigenvalue weighted by molar-refractivity contribution is 0.188. The zero-order valence-corrected chi connectivity index (χ0v) is 7.31. The number of likely N-dealkylation sites (tertiary alicyclic amines) is 1. The van der Waals surface area contributed by atoms with Crippen LogP contribution in [0.1, 0.15) is 12.8 Å². The molecule has 0 unspecified atom stereocenters. The van der Waals surface area contributed by atoms with Crippen molar-refractivity contribution in [2.45, 2.75) is 12.8 Å². The average Bonchev–Trinajstić information content (AvgIpc) is 2.17. The maximum atomic E-state index is 10.7. The summed E-state index contributed by atoms with van der Waals surface area (Å²) in [4.78, 5) is 12.3. The number of nitrogens with zero attached hydrogens (tertiary/aromatic N) is 2. The monoisotopic (exact) mass is 186 g/mol. The van der Waals surface area contributed by atoms with Gasteiger partial charge in [-0.05, 0) is 12.8 Å². The lowest BCUT2D eigenvalue weighted by atomic mass is 9.96. The first-order valence-electron chi connectivity index (χ1n) is 4.17. The number of primary amides is 1. The highest BCUT2D eigenvalue weighted by Crippen LogP contribution is 2.16. The van der Waals surface area contributed by atoms with Crippen molar-refractivity contribution >= 4 is 11.9 Å². The number of nitrogens with two attached hydrogens (primary N) is 2. The second-order valence-electron chi connectivity index (χ2n) is 3.12. The van der Waals surface area contributed by atoms with Crippen LogP contribution in [-0.4, -0.2) is 35.1 Å². The Balaban J connectivity index is 2.43. The van der Waals surface area contributed by atoms with Crippen LogP contribution >= 0.6 is 0 Å². The Morgan fingerprint density at radius 1 is 1.38 bits per heavy atom. The molecule has 13 heavy (non-hydrogen) atoms. The van der Waals surface area contributed by atoms with Gasteiger partial charge in [0.25, 0.3) is 0 Å². The first-order valence-corrected chi connectivity index (χ1v) is 4.17. The van der Waals surface area contributed by atoms with Crippen LogP contribution in [0, 0.1) is 5.92 Å². The summed E-state index contributed by atoms with van der Waals surface area (Å²) in [6, 6.07) is -0.405. The van der Waals surface area contributed by atoms with E-state index < -0.39 is 6.03 Å². The lowest BCUT2D eigenvalue weighted by Gasteiger charge is -2.29. The van der Waals surface area contributed by atoms with Crippen molar-refractivity contribution in [1.82, 2.24) is 4.90 Å². The van der Waals surface area contributed by atoms with Gasteiger partial charge in [-0.15, -0.1) is 0 Å². The molecule has 0 aromatic carbocycles. The molecule has 0 radical (unpaired) electrons. The van der Waals surface area contributed by atoms with Gasteiger partial charge < -0.3 is 21.6 Å².